The Labute approximate surface area is 140 Å². The molecule has 0 aromatic heterocycles. The van der Waals surface area contributed by atoms with Crippen molar-refractivity contribution in [3.8, 4) is 0 Å². The topological polar surface area (TPSA) is 34.1 Å². The van der Waals surface area contributed by atoms with E-state index in [9.17, 15) is 9.59 Å². The molecule has 2 nitrogen and oxygen atoms in total. The first-order chi connectivity index (χ1) is 10.9. The van der Waals surface area contributed by atoms with Crippen molar-refractivity contribution in [2.45, 2.75) is 72.1 Å². The molecule has 6 atom stereocenters. The van der Waals surface area contributed by atoms with Gasteiger partial charge in [-0.3, -0.25) is 9.59 Å². The first-order valence-corrected chi connectivity index (χ1v) is 9.60. The number of ketones is 2. The van der Waals surface area contributed by atoms with E-state index in [-0.39, 0.29) is 10.8 Å². The van der Waals surface area contributed by atoms with E-state index in [1.165, 1.54) is 31.3 Å². The molecule has 4 aliphatic rings. The van der Waals surface area contributed by atoms with E-state index in [1.54, 1.807) is 6.92 Å². The molecule has 0 amide bonds. The zero-order valence-corrected chi connectivity index (χ0v) is 14.9. The molecule has 0 radical (unpaired) electrons. The third kappa shape index (κ3) is 2.06. The molecule has 4 rings (SSSR count). The van der Waals surface area contributed by atoms with Crippen LogP contribution in [0.5, 0.6) is 0 Å². The third-order valence-corrected chi connectivity index (χ3v) is 8.45. The smallest absolute Gasteiger partial charge is 0.155 e. The highest BCUT2D eigenvalue weighted by Crippen LogP contribution is 2.66. The van der Waals surface area contributed by atoms with Crippen LogP contribution in [0.3, 0.4) is 0 Å². The summed E-state index contributed by atoms with van der Waals surface area (Å²) in [6.45, 7) is 6.65. The quantitative estimate of drug-likeness (QED) is 0.701. The number of carbonyl (C=O) groups is 2. The van der Waals surface area contributed by atoms with Gasteiger partial charge in [-0.1, -0.05) is 19.4 Å². The van der Waals surface area contributed by atoms with Crippen molar-refractivity contribution in [1.82, 2.24) is 0 Å². The molecular weight excluding hydrogens is 284 g/mol. The fourth-order valence-electron chi connectivity index (χ4n) is 7.23. The average molecular weight is 314 g/mol. The van der Waals surface area contributed by atoms with Gasteiger partial charge >= 0.3 is 0 Å². The van der Waals surface area contributed by atoms with Gasteiger partial charge in [0.25, 0.3) is 0 Å². The molecule has 0 aromatic rings. The van der Waals surface area contributed by atoms with Gasteiger partial charge < -0.3 is 0 Å². The highest BCUT2D eigenvalue weighted by atomic mass is 16.1. The van der Waals surface area contributed by atoms with Crippen LogP contribution in [0, 0.1) is 34.5 Å². The molecule has 0 bridgehead atoms. The molecule has 0 saturated heterocycles. The van der Waals surface area contributed by atoms with Gasteiger partial charge in [0, 0.05) is 12.3 Å². The van der Waals surface area contributed by atoms with Gasteiger partial charge in [0.2, 0.25) is 0 Å². The highest BCUT2D eigenvalue weighted by Gasteiger charge is 2.59. The molecular formula is C21H30O2. The first-order valence-electron chi connectivity index (χ1n) is 9.60. The number of allylic oxidation sites excluding steroid dienone is 1. The average Bonchev–Trinajstić information content (AvgIpc) is 2.85. The lowest BCUT2D eigenvalue weighted by atomic mass is 9.47. The van der Waals surface area contributed by atoms with E-state index in [0.29, 0.717) is 17.5 Å². The number of hydrogen-bond acceptors (Lipinski definition) is 2. The Bertz CT molecular complexity index is 589. The predicted octanol–water partition coefficient (Wildman–Crippen LogP) is 4.72. The number of carbonyl (C=O) groups excluding carboxylic acids is 2. The van der Waals surface area contributed by atoms with Gasteiger partial charge in [0.15, 0.2) is 5.78 Å². The number of Topliss-reactive ketones (excluding diaryl/α,β-unsaturated/α-hetero) is 1. The number of fused-ring (bicyclic) bond motifs is 5. The van der Waals surface area contributed by atoms with Gasteiger partial charge in [-0.2, -0.15) is 0 Å². The van der Waals surface area contributed by atoms with Gasteiger partial charge in [0.05, 0.1) is 0 Å². The summed E-state index contributed by atoms with van der Waals surface area (Å²) in [6.07, 6.45) is 10.9. The zero-order chi connectivity index (χ0) is 16.4. The number of rotatable bonds is 1. The Morgan fingerprint density at radius 2 is 1.83 bits per heavy atom. The second-order valence-corrected chi connectivity index (χ2v) is 9.25. The summed E-state index contributed by atoms with van der Waals surface area (Å²) in [6, 6.07) is 0. The Hall–Kier alpha value is -0.920. The van der Waals surface area contributed by atoms with E-state index < -0.39 is 0 Å². The maximum atomic E-state index is 12.1. The minimum Gasteiger partial charge on any atom is -0.300 e. The van der Waals surface area contributed by atoms with Crippen LogP contribution in [-0.2, 0) is 9.59 Å². The molecule has 23 heavy (non-hydrogen) atoms. The van der Waals surface area contributed by atoms with Crippen molar-refractivity contribution in [3.63, 3.8) is 0 Å². The summed E-state index contributed by atoms with van der Waals surface area (Å²) in [5.41, 5.74) is 1.95. The molecule has 0 heterocycles. The second-order valence-electron chi connectivity index (χ2n) is 9.25. The van der Waals surface area contributed by atoms with Crippen molar-refractivity contribution in [2.24, 2.45) is 34.5 Å². The second kappa shape index (κ2) is 5.04. The van der Waals surface area contributed by atoms with E-state index in [1.807, 2.05) is 6.08 Å². The summed E-state index contributed by atoms with van der Waals surface area (Å²) in [7, 11) is 0. The van der Waals surface area contributed by atoms with Gasteiger partial charge in [0.1, 0.15) is 5.78 Å². The van der Waals surface area contributed by atoms with Crippen molar-refractivity contribution >= 4 is 11.6 Å². The minimum atomic E-state index is 0.245. The molecule has 0 aromatic carbocycles. The monoisotopic (exact) mass is 314 g/mol. The lowest BCUT2D eigenvalue weighted by Crippen LogP contribution is -2.51. The van der Waals surface area contributed by atoms with Gasteiger partial charge in [-0.05, 0) is 86.5 Å². The maximum absolute atomic E-state index is 12.1. The molecule has 3 saturated carbocycles. The zero-order valence-electron chi connectivity index (χ0n) is 14.9. The van der Waals surface area contributed by atoms with E-state index >= 15 is 0 Å². The first kappa shape index (κ1) is 15.6. The van der Waals surface area contributed by atoms with Crippen molar-refractivity contribution in [1.29, 1.82) is 0 Å². The van der Waals surface area contributed by atoms with Crippen LogP contribution in [0.25, 0.3) is 0 Å². The van der Waals surface area contributed by atoms with Crippen molar-refractivity contribution < 1.29 is 9.59 Å². The molecule has 3 fully saturated rings. The molecule has 0 aliphatic heterocycles. The van der Waals surface area contributed by atoms with E-state index in [0.717, 1.165) is 43.4 Å². The Balaban J connectivity index is 1.67. The molecule has 0 spiro atoms. The van der Waals surface area contributed by atoms with Crippen LogP contribution >= 0.6 is 0 Å². The summed E-state index contributed by atoms with van der Waals surface area (Å²) in [5, 5.41) is 0. The summed E-state index contributed by atoms with van der Waals surface area (Å²) < 4.78 is 0. The third-order valence-electron chi connectivity index (χ3n) is 8.45. The summed E-state index contributed by atoms with van der Waals surface area (Å²) >= 11 is 0. The van der Waals surface area contributed by atoms with Crippen LogP contribution < -0.4 is 0 Å². The van der Waals surface area contributed by atoms with Crippen molar-refractivity contribution in [2.75, 3.05) is 0 Å². The lowest BCUT2D eigenvalue weighted by molar-refractivity contribution is -0.128. The van der Waals surface area contributed by atoms with E-state index in [4.69, 9.17) is 0 Å². The van der Waals surface area contributed by atoms with Crippen LogP contribution in [0.2, 0.25) is 0 Å². The van der Waals surface area contributed by atoms with Gasteiger partial charge in [-0.15, -0.1) is 0 Å². The highest BCUT2D eigenvalue weighted by molar-refractivity contribution is 5.91. The molecule has 2 heteroatoms. The van der Waals surface area contributed by atoms with Crippen LogP contribution in [0.15, 0.2) is 11.6 Å². The Kier molecular flexibility index (Phi) is 3.42. The minimum absolute atomic E-state index is 0.245. The Morgan fingerprint density at radius 3 is 2.57 bits per heavy atom. The van der Waals surface area contributed by atoms with Gasteiger partial charge in [-0.25, -0.2) is 0 Å². The molecule has 0 unspecified atom stereocenters. The maximum Gasteiger partial charge on any atom is 0.155 e. The van der Waals surface area contributed by atoms with E-state index in [2.05, 4.69) is 13.8 Å². The van der Waals surface area contributed by atoms with Crippen LogP contribution in [0.4, 0.5) is 0 Å². The van der Waals surface area contributed by atoms with Crippen LogP contribution in [-0.4, -0.2) is 11.6 Å². The van der Waals surface area contributed by atoms with Crippen LogP contribution in [0.1, 0.15) is 72.1 Å². The largest absolute Gasteiger partial charge is 0.300 e. The summed E-state index contributed by atoms with van der Waals surface area (Å²) in [4.78, 5) is 24.0. The van der Waals surface area contributed by atoms with Crippen molar-refractivity contribution in [3.05, 3.63) is 11.6 Å². The molecule has 4 aliphatic carbocycles. The standard InChI is InChI=1S/C21H30O2/c1-13(22)17-6-7-18-16-5-4-14-12-15(23)8-10-20(14,2)19(16)9-11-21(17,18)3/h12,16-19H,4-11H2,1-3H3/t16-,17-,18-,19+,20-,21+/m0/s1. The normalized spacial score (nSPS) is 49.0. The SMILES string of the molecule is CC(=O)[C@@H]1CC[C@H]2[C@@H]3CCC4=CC(=O)CC[C@]4(C)[C@@H]3CC[C@]12C. The summed E-state index contributed by atoms with van der Waals surface area (Å²) in [5.74, 6) is 3.29. The fourth-order valence-corrected chi connectivity index (χ4v) is 7.23. The number of hydrogen-bond donors (Lipinski definition) is 0. The Morgan fingerprint density at radius 1 is 1.04 bits per heavy atom. The fraction of sp³-hybridized carbons (Fsp3) is 0.810. The molecule has 0 N–H and O–H groups in total. The molecule has 126 valence electrons. The lowest BCUT2D eigenvalue weighted by Gasteiger charge is -2.58. The predicted molar refractivity (Wildman–Crippen MR) is 90.9 cm³/mol.